The number of benzene rings is 2. The van der Waals surface area contributed by atoms with Gasteiger partial charge in [0.2, 0.25) is 0 Å². The number of halogens is 1. The highest BCUT2D eigenvalue weighted by Gasteiger charge is 2.20. The molecule has 2 N–H and O–H groups in total. The SMILES string of the molecule is Cc1cccc(Cn2cnc(NC(=O)c3ccc4c(c3F)CCNC4)c2)c1. The average Bonchev–Trinajstić information content (AvgIpc) is 3.09. The summed E-state index contributed by atoms with van der Waals surface area (Å²) in [5.41, 5.74) is 3.95. The number of aryl methyl sites for hydroxylation is 1. The molecule has 4 rings (SSSR count). The molecule has 6 heteroatoms. The van der Waals surface area contributed by atoms with Crippen LogP contribution < -0.4 is 10.6 Å². The van der Waals surface area contributed by atoms with E-state index in [1.807, 2.05) is 35.8 Å². The maximum absolute atomic E-state index is 14.7. The third-order valence-corrected chi connectivity index (χ3v) is 4.77. The van der Waals surface area contributed by atoms with Gasteiger partial charge in [0.1, 0.15) is 5.82 Å². The molecule has 1 aromatic heterocycles. The van der Waals surface area contributed by atoms with Gasteiger partial charge in [-0.05, 0) is 42.6 Å². The van der Waals surface area contributed by atoms with Crippen LogP contribution in [0.15, 0.2) is 48.9 Å². The van der Waals surface area contributed by atoms with Gasteiger partial charge in [0.25, 0.3) is 5.91 Å². The molecule has 0 radical (unpaired) electrons. The highest BCUT2D eigenvalue weighted by atomic mass is 19.1. The quantitative estimate of drug-likeness (QED) is 0.747. The van der Waals surface area contributed by atoms with Crippen LogP contribution in [0.25, 0.3) is 0 Å². The predicted octanol–water partition coefficient (Wildman–Crippen LogP) is 3.28. The van der Waals surface area contributed by atoms with Crippen LogP contribution in [0.5, 0.6) is 0 Å². The molecule has 2 aromatic carbocycles. The van der Waals surface area contributed by atoms with Gasteiger partial charge in [0.15, 0.2) is 5.82 Å². The lowest BCUT2D eigenvalue weighted by Gasteiger charge is -2.18. The highest BCUT2D eigenvalue weighted by Crippen LogP contribution is 2.22. The standard InChI is InChI=1S/C21H21FN4O/c1-14-3-2-4-15(9-14)11-26-12-19(24-13-26)25-21(27)18-6-5-16-10-23-8-7-17(16)20(18)22/h2-6,9,12-13,23H,7-8,10-11H2,1H3,(H,25,27). The Kier molecular flexibility index (Phi) is 4.73. The van der Waals surface area contributed by atoms with E-state index in [9.17, 15) is 9.18 Å². The van der Waals surface area contributed by atoms with Crippen LogP contribution in [-0.4, -0.2) is 22.0 Å². The number of aromatic nitrogens is 2. The maximum Gasteiger partial charge on any atom is 0.259 e. The maximum atomic E-state index is 14.7. The fourth-order valence-corrected chi connectivity index (χ4v) is 3.43. The molecule has 5 nitrogen and oxygen atoms in total. The summed E-state index contributed by atoms with van der Waals surface area (Å²) < 4.78 is 16.6. The van der Waals surface area contributed by atoms with E-state index >= 15 is 0 Å². The summed E-state index contributed by atoms with van der Waals surface area (Å²) in [6.45, 7) is 4.06. The Morgan fingerprint density at radius 2 is 2.22 bits per heavy atom. The molecule has 1 amide bonds. The Balaban J connectivity index is 1.48. The summed E-state index contributed by atoms with van der Waals surface area (Å²) in [6.07, 6.45) is 4.00. The minimum atomic E-state index is -0.477. The molecular formula is C21H21FN4O. The molecular weight excluding hydrogens is 343 g/mol. The molecule has 0 fully saturated rings. The van der Waals surface area contributed by atoms with E-state index in [-0.39, 0.29) is 5.56 Å². The summed E-state index contributed by atoms with van der Waals surface area (Å²) in [7, 11) is 0. The van der Waals surface area contributed by atoms with Crippen molar-refractivity contribution in [2.75, 3.05) is 11.9 Å². The fraction of sp³-hybridized carbons (Fsp3) is 0.238. The molecule has 3 aromatic rings. The number of imidazole rings is 1. The first kappa shape index (κ1) is 17.4. The first-order chi connectivity index (χ1) is 13.1. The van der Waals surface area contributed by atoms with E-state index in [0.717, 1.165) is 17.7 Å². The minimum absolute atomic E-state index is 0.0592. The van der Waals surface area contributed by atoms with Crippen LogP contribution >= 0.6 is 0 Å². The number of hydrogen-bond acceptors (Lipinski definition) is 3. The van der Waals surface area contributed by atoms with Crippen molar-refractivity contribution in [3.05, 3.63) is 82.6 Å². The molecule has 27 heavy (non-hydrogen) atoms. The van der Waals surface area contributed by atoms with Crippen molar-refractivity contribution in [2.24, 2.45) is 0 Å². The van der Waals surface area contributed by atoms with Crippen LogP contribution in [0.3, 0.4) is 0 Å². The van der Waals surface area contributed by atoms with Crippen molar-refractivity contribution in [1.82, 2.24) is 14.9 Å². The van der Waals surface area contributed by atoms with Crippen molar-refractivity contribution >= 4 is 11.7 Å². The Labute approximate surface area is 157 Å². The van der Waals surface area contributed by atoms with Crippen LogP contribution in [0.2, 0.25) is 0 Å². The average molecular weight is 364 g/mol. The zero-order valence-corrected chi connectivity index (χ0v) is 15.1. The lowest BCUT2D eigenvalue weighted by Crippen LogP contribution is -2.26. The number of nitrogens with one attached hydrogen (secondary N) is 2. The summed E-state index contributed by atoms with van der Waals surface area (Å²) >= 11 is 0. The molecule has 2 heterocycles. The number of hydrogen-bond donors (Lipinski definition) is 2. The van der Waals surface area contributed by atoms with Crippen molar-refractivity contribution < 1.29 is 9.18 Å². The second kappa shape index (κ2) is 7.32. The Hall–Kier alpha value is -2.99. The third kappa shape index (κ3) is 3.75. The van der Waals surface area contributed by atoms with Crippen LogP contribution in [-0.2, 0) is 19.5 Å². The molecule has 0 bridgehead atoms. The van der Waals surface area contributed by atoms with Gasteiger partial charge in [0, 0.05) is 19.3 Å². The smallest absolute Gasteiger partial charge is 0.259 e. The third-order valence-electron chi connectivity index (χ3n) is 4.77. The molecule has 0 unspecified atom stereocenters. The Morgan fingerprint density at radius 1 is 1.33 bits per heavy atom. The number of fused-ring (bicyclic) bond motifs is 1. The van der Waals surface area contributed by atoms with Crippen molar-refractivity contribution in [1.29, 1.82) is 0 Å². The molecule has 138 valence electrons. The zero-order valence-electron chi connectivity index (χ0n) is 15.1. The van der Waals surface area contributed by atoms with E-state index in [1.165, 1.54) is 5.56 Å². The van der Waals surface area contributed by atoms with Crippen molar-refractivity contribution in [3.63, 3.8) is 0 Å². The van der Waals surface area contributed by atoms with E-state index in [4.69, 9.17) is 0 Å². The fourth-order valence-electron chi connectivity index (χ4n) is 3.43. The lowest BCUT2D eigenvalue weighted by molar-refractivity contribution is 0.102. The Morgan fingerprint density at radius 3 is 3.07 bits per heavy atom. The molecule has 1 aliphatic heterocycles. The van der Waals surface area contributed by atoms with Gasteiger partial charge >= 0.3 is 0 Å². The van der Waals surface area contributed by atoms with Gasteiger partial charge in [-0.3, -0.25) is 4.79 Å². The molecule has 1 aliphatic rings. The number of carbonyl (C=O) groups excluding carboxylic acids is 1. The highest BCUT2D eigenvalue weighted by molar-refractivity contribution is 6.04. The van der Waals surface area contributed by atoms with Crippen LogP contribution in [0.4, 0.5) is 10.2 Å². The predicted molar refractivity (Wildman–Crippen MR) is 102 cm³/mol. The van der Waals surface area contributed by atoms with Crippen LogP contribution in [0.1, 0.15) is 32.6 Å². The normalized spacial score (nSPS) is 13.3. The first-order valence-electron chi connectivity index (χ1n) is 9.00. The van der Waals surface area contributed by atoms with Gasteiger partial charge in [0.05, 0.1) is 11.9 Å². The number of rotatable bonds is 4. The van der Waals surface area contributed by atoms with Crippen molar-refractivity contribution in [2.45, 2.75) is 26.4 Å². The topological polar surface area (TPSA) is 59.0 Å². The largest absolute Gasteiger partial charge is 0.331 e. The number of amides is 1. The van der Waals surface area contributed by atoms with Crippen molar-refractivity contribution in [3.8, 4) is 0 Å². The number of nitrogens with zero attached hydrogens (tertiary/aromatic N) is 2. The van der Waals surface area contributed by atoms with Gasteiger partial charge < -0.3 is 15.2 Å². The van der Waals surface area contributed by atoms with E-state index in [0.29, 0.717) is 30.9 Å². The molecule has 0 saturated heterocycles. The number of carbonyl (C=O) groups is 1. The van der Waals surface area contributed by atoms with E-state index in [2.05, 4.69) is 21.7 Å². The van der Waals surface area contributed by atoms with Crippen LogP contribution in [0, 0.1) is 12.7 Å². The summed E-state index contributed by atoms with van der Waals surface area (Å²) in [4.78, 5) is 16.7. The van der Waals surface area contributed by atoms with Gasteiger partial charge in [-0.15, -0.1) is 0 Å². The molecule has 0 spiro atoms. The second-order valence-electron chi connectivity index (χ2n) is 6.87. The molecule has 0 aliphatic carbocycles. The Bertz CT molecular complexity index is 996. The zero-order chi connectivity index (χ0) is 18.8. The summed E-state index contributed by atoms with van der Waals surface area (Å²) in [6, 6.07) is 11.6. The van der Waals surface area contributed by atoms with Gasteiger partial charge in [-0.25, -0.2) is 9.37 Å². The second-order valence-corrected chi connectivity index (χ2v) is 6.87. The number of anilines is 1. The summed E-state index contributed by atoms with van der Waals surface area (Å²) in [5.74, 6) is -0.494. The minimum Gasteiger partial charge on any atom is -0.331 e. The lowest BCUT2D eigenvalue weighted by atomic mass is 9.97. The monoisotopic (exact) mass is 364 g/mol. The van der Waals surface area contributed by atoms with Gasteiger partial charge in [-0.2, -0.15) is 0 Å². The molecule has 0 atom stereocenters. The van der Waals surface area contributed by atoms with E-state index < -0.39 is 11.7 Å². The van der Waals surface area contributed by atoms with E-state index in [1.54, 1.807) is 18.6 Å². The van der Waals surface area contributed by atoms with Gasteiger partial charge in [-0.1, -0.05) is 35.9 Å². The molecule has 0 saturated carbocycles. The summed E-state index contributed by atoms with van der Waals surface area (Å²) in [5, 5.41) is 5.90. The first-order valence-corrected chi connectivity index (χ1v) is 9.00.